The lowest BCUT2D eigenvalue weighted by Crippen LogP contribution is -2.54. The Labute approximate surface area is 156 Å². The van der Waals surface area contributed by atoms with Gasteiger partial charge in [-0.2, -0.15) is 0 Å². The summed E-state index contributed by atoms with van der Waals surface area (Å²) in [6, 6.07) is 0. The van der Waals surface area contributed by atoms with E-state index in [4.69, 9.17) is 20.6 Å². The van der Waals surface area contributed by atoms with E-state index < -0.39 is 67.1 Å². The Morgan fingerprint density at radius 3 is 1.74 bits per heavy atom. The van der Waals surface area contributed by atoms with E-state index in [2.05, 4.69) is 10.7 Å². The number of terminal acetylenes is 1. The van der Waals surface area contributed by atoms with Crippen LogP contribution in [0, 0.1) is 12.3 Å². The zero-order valence-electron chi connectivity index (χ0n) is 15.4. The molecule has 150 valence electrons. The molecule has 0 saturated heterocycles. The second kappa shape index (κ2) is 11.6. The fourth-order valence-corrected chi connectivity index (χ4v) is 2.04. The summed E-state index contributed by atoms with van der Waals surface area (Å²) in [6.45, 7) is 3.43. The van der Waals surface area contributed by atoms with E-state index in [1.54, 1.807) is 0 Å². The summed E-state index contributed by atoms with van der Waals surface area (Å²) >= 11 is 0. The van der Waals surface area contributed by atoms with Gasteiger partial charge in [-0.1, -0.05) is 5.92 Å². The number of esters is 4. The second-order valence-electron chi connectivity index (χ2n) is 5.40. The molecule has 0 aromatic rings. The molecule has 0 aliphatic carbocycles. The van der Waals surface area contributed by atoms with Crippen molar-refractivity contribution in [2.24, 2.45) is 0 Å². The average Bonchev–Trinajstić information content (AvgIpc) is 2.53. The van der Waals surface area contributed by atoms with Crippen LogP contribution in [0.4, 0.5) is 0 Å². The van der Waals surface area contributed by atoms with Crippen LogP contribution in [-0.2, 0) is 42.9 Å². The molecule has 0 fully saturated rings. The van der Waals surface area contributed by atoms with Gasteiger partial charge in [0.05, 0.1) is 6.42 Å². The smallest absolute Gasteiger partial charge is 0.303 e. The number of hydrogen-bond donors (Lipinski definition) is 1. The molecule has 0 amide bonds. The summed E-state index contributed by atoms with van der Waals surface area (Å²) in [7, 11) is 0. The van der Waals surface area contributed by atoms with E-state index in [9.17, 15) is 29.1 Å². The lowest BCUT2D eigenvalue weighted by atomic mass is 9.98. The molecule has 0 rings (SSSR count). The predicted molar refractivity (Wildman–Crippen MR) is 87.8 cm³/mol. The topological polar surface area (TPSA) is 143 Å². The molecule has 0 unspecified atom stereocenters. The van der Waals surface area contributed by atoms with Crippen LogP contribution in [0.2, 0.25) is 0 Å². The van der Waals surface area contributed by atoms with Gasteiger partial charge in [-0.15, -0.1) is 6.42 Å². The third-order valence-electron chi connectivity index (χ3n) is 2.95. The molecule has 27 heavy (non-hydrogen) atoms. The number of aliphatic hydroxyl groups is 1. The van der Waals surface area contributed by atoms with Gasteiger partial charge in [-0.3, -0.25) is 24.0 Å². The number of carbonyl (C=O) groups is 5. The minimum absolute atomic E-state index is 0.484. The second-order valence-corrected chi connectivity index (χ2v) is 5.40. The molecular formula is C17H22O10. The SMILES string of the molecule is C#CCC(=O)[C@@H](OC(C)=O)[C@@H](OC(C)=O)[C@H](OC(C)=O)[C@H](O)COC(C)=O. The van der Waals surface area contributed by atoms with Gasteiger partial charge in [0.25, 0.3) is 0 Å². The monoisotopic (exact) mass is 386 g/mol. The maximum atomic E-state index is 12.3. The molecule has 0 spiro atoms. The zero-order valence-corrected chi connectivity index (χ0v) is 15.4. The standard InChI is InChI=1S/C17H22O10/c1-6-7-13(22)15(25-10(3)19)17(27-12(5)21)16(26-11(4)20)14(23)8-24-9(2)18/h1,14-17,23H,7-8H2,2-5H3/t14-,15-,16-,17-/m1/s1. The number of Topliss-reactive ketones (excluding diaryl/α,β-unsaturated/α-hetero) is 1. The maximum Gasteiger partial charge on any atom is 0.303 e. The molecule has 10 heteroatoms. The predicted octanol–water partition coefficient (Wildman–Crippen LogP) is -0.702. The van der Waals surface area contributed by atoms with E-state index in [1.165, 1.54) is 0 Å². The van der Waals surface area contributed by atoms with Gasteiger partial charge in [0.15, 0.2) is 18.0 Å². The van der Waals surface area contributed by atoms with Gasteiger partial charge < -0.3 is 24.1 Å². The van der Waals surface area contributed by atoms with Crippen molar-refractivity contribution in [3.8, 4) is 12.3 Å². The molecule has 4 atom stereocenters. The average molecular weight is 386 g/mol. The highest BCUT2D eigenvalue weighted by molar-refractivity contribution is 5.88. The van der Waals surface area contributed by atoms with E-state index in [-0.39, 0.29) is 0 Å². The fraction of sp³-hybridized carbons (Fsp3) is 0.588. The Morgan fingerprint density at radius 1 is 0.852 bits per heavy atom. The van der Waals surface area contributed by atoms with E-state index >= 15 is 0 Å². The van der Waals surface area contributed by atoms with Crippen LogP contribution in [0.1, 0.15) is 34.1 Å². The van der Waals surface area contributed by atoms with Gasteiger partial charge in [-0.25, -0.2) is 0 Å². The highest BCUT2D eigenvalue weighted by atomic mass is 16.6. The van der Waals surface area contributed by atoms with Crippen molar-refractivity contribution in [2.45, 2.75) is 58.5 Å². The minimum atomic E-state index is -1.75. The van der Waals surface area contributed by atoms with Crippen molar-refractivity contribution in [1.29, 1.82) is 0 Å². The summed E-state index contributed by atoms with van der Waals surface area (Å²) in [5.74, 6) is -2.22. The fourth-order valence-electron chi connectivity index (χ4n) is 2.04. The molecule has 0 aliphatic rings. The van der Waals surface area contributed by atoms with Crippen LogP contribution in [0.15, 0.2) is 0 Å². The molecule has 0 radical (unpaired) electrons. The molecular weight excluding hydrogens is 364 g/mol. The van der Waals surface area contributed by atoms with Gasteiger partial charge in [0, 0.05) is 27.7 Å². The summed E-state index contributed by atoms with van der Waals surface area (Å²) in [4.78, 5) is 57.5. The molecule has 0 aromatic carbocycles. The first-order chi connectivity index (χ1) is 12.5. The quantitative estimate of drug-likeness (QED) is 0.291. The van der Waals surface area contributed by atoms with Crippen LogP contribution >= 0.6 is 0 Å². The first-order valence-corrected chi connectivity index (χ1v) is 7.78. The van der Waals surface area contributed by atoms with Crippen LogP contribution in [-0.4, -0.2) is 65.8 Å². The first kappa shape index (κ1) is 24.1. The summed E-state index contributed by atoms with van der Waals surface area (Å²) in [5.41, 5.74) is 0. The Balaban J connectivity index is 5.96. The lowest BCUT2D eigenvalue weighted by Gasteiger charge is -2.33. The molecule has 1 N–H and O–H groups in total. The first-order valence-electron chi connectivity index (χ1n) is 7.78. The maximum absolute atomic E-state index is 12.3. The van der Waals surface area contributed by atoms with Gasteiger partial charge in [0.1, 0.15) is 12.7 Å². The van der Waals surface area contributed by atoms with Crippen molar-refractivity contribution in [1.82, 2.24) is 0 Å². The van der Waals surface area contributed by atoms with Crippen LogP contribution in [0.25, 0.3) is 0 Å². The molecule has 0 bridgehead atoms. The third kappa shape index (κ3) is 9.37. The van der Waals surface area contributed by atoms with Crippen LogP contribution in [0.5, 0.6) is 0 Å². The zero-order chi connectivity index (χ0) is 21.1. The van der Waals surface area contributed by atoms with Crippen molar-refractivity contribution in [2.75, 3.05) is 6.61 Å². The van der Waals surface area contributed by atoms with Crippen molar-refractivity contribution >= 4 is 29.7 Å². The highest BCUT2D eigenvalue weighted by Gasteiger charge is 2.44. The van der Waals surface area contributed by atoms with Crippen molar-refractivity contribution < 1.29 is 48.0 Å². The van der Waals surface area contributed by atoms with E-state index in [1.807, 2.05) is 0 Å². The number of ether oxygens (including phenoxy) is 4. The Morgan fingerprint density at radius 2 is 1.33 bits per heavy atom. The van der Waals surface area contributed by atoms with Crippen molar-refractivity contribution in [3.63, 3.8) is 0 Å². The molecule has 0 saturated carbocycles. The summed E-state index contributed by atoms with van der Waals surface area (Å²) in [6.07, 6.45) is -2.25. The number of hydrogen-bond acceptors (Lipinski definition) is 10. The third-order valence-corrected chi connectivity index (χ3v) is 2.95. The molecule has 0 heterocycles. The summed E-state index contributed by atoms with van der Waals surface area (Å²) < 4.78 is 19.5. The van der Waals surface area contributed by atoms with E-state index in [0.29, 0.717) is 0 Å². The van der Waals surface area contributed by atoms with E-state index in [0.717, 1.165) is 27.7 Å². The Kier molecular flexibility index (Phi) is 10.4. The number of ketones is 1. The van der Waals surface area contributed by atoms with Gasteiger partial charge in [0.2, 0.25) is 6.10 Å². The van der Waals surface area contributed by atoms with Crippen LogP contribution < -0.4 is 0 Å². The van der Waals surface area contributed by atoms with Crippen LogP contribution in [0.3, 0.4) is 0 Å². The Hall–Kier alpha value is -2.93. The van der Waals surface area contributed by atoms with Gasteiger partial charge in [-0.05, 0) is 0 Å². The molecule has 10 nitrogen and oxygen atoms in total. The lowest BCUT2D eigenvalue weighted by molar-refractivity contribution is -0.197. The largest absolute Gasteiger partial charge is 0.463 e. The molecule has 0 aliphatic heterocycles. The van der Waals surface area contributed by atoms with Crippen molar-refractivity contribution in [3.05, 3.63) is 0 Å². The molecule has 0 aromatic heterocycles. The highest BCUT2D eigenvalue weighted by Crippen LogP contribution is 2.19. The minimum Gasteiger partial charge on any atom is -0.463 e. The number of aliphatic hydroxyl groups excluding tert-OH is 1. The Bertz CT molecular complexity index is 618. The normalized spacial score (nSPS) is 14.5. The summed E-state index contributed by atoms with van der Waals surface area (Å²) in [5, 5.41) is 10.2. The number of rotatable bonds is 10. The van der Waals surface area contributed by atoms with Gasteiger partial charge >= 0.3 is 23.9 Å². The number of carbonyl (C=O) groups excluding carboxylic acids is 5.